The second kappa shape index (κ2) is 13.7. The molecule has 5 rings (SSSR count). The van der Waals surface area contributed by atoms with Gasteiger partial charge in [-0.05, 0) is 116 Å². The number of phenols is 1. The predicted molar refractivity (Wildman–Crippen MR) is 164 cm³/mol. The maximum atomic E-state index is 11.3. The van der Waals surface area contributed by atoms with Crippen LogP contribution in [0.2, 0.25) is 0 Å². The number of fused-ring (bicyclic) bond motifs is 1. The van der Waals surface area contributed by atoms with E-state index in [4.69, 9.17) is 0 Å². The molecule has 3 aromatic rings. The van der Waals surface area contributed by atoms with E-state index in [0.717, 1.165) is 77.5 Å². The third kappa shape index (κ3) is 7.14. The number of nitrogens with zero attached hydrogens (tertiary/aromatic N) is 2. The van der Waals surface area contributed by atoms with Crippen molar-refractivity contribution < 1.29 is 15.0 Å². The first-order valence-electron chi connectivity index (χ1n) is 15.0. The fourth-order valence-corrected chi connectivity index (χ4v) is 6.33. The lowest BCUT2D eigenvalue weighted by atomic mass is 9.87. The smallest absolute Gasteiger partial charge is 0.317 e. The summed E-state index contributed by atoms with van der Waals surface area (Å²) in [6, 6.07) is 25.7. The number of carboxylic acids is 1. The standard InChI is InChI=1S/C35H42N2O3/c38-31-19-20-33-29(25-31)13-10-14-32(27-11-4-3-5-12-27)35(33)28-15-17-30(18-16-28)37-23-7-2-1-6-21-36(26-34(39)40)22-8-9-24-37/h3-5,11-12,15-20,25,38H,1-2,6-10,13-14,21-24,26H2,(H,39,40). The molecule has 1 heterocycles. The normalized spacial score (nSPS) is 17.9. The average Bonchev–Trinajstić information content (AvgIpc) is 3.14. The summed E-state index contributed by atoms with van der Waals surface area (Å²) < 4.78 is 0. The molecule has 0 saturated carbocycles. The molecule has 210 valence electrons. The molecule has 0 radical (unpaired) electrons. The molecule has 2 N–H and O–H groups in total. The Bertz CT molecular complexity index is 1300. The van der Waals surface area contributed by atoms with Crippen LogP contribution in [0.15, 0.2) is 72.8 Å². The number of anilines is 1. The van der Waals surface area contributed by atoms with Gasteiger partial charge in [-0.25, -0.2) is 0 Å². The van der Waals surface area contributed by atoms with E-state index in [1.807, 2.05) is 12.1 Å². The molecular weight excluding hydrogens is 496 g/mol. The van der Waals surface area contributed by atoms with Crippen molar-refractivity contribution in [2.45, 2.75) is 57.8 Å². The molecular formula is C35H42N2O3. The van der Waals surface area contributed by atoms with E-state index in [-0.39, 0.29) is 6.54 Å². The van der Waals surface area contributed by atoms with Crippen molar-refractivity contribution in [3.63, 3.8) is 0 Å². The van der Waals surface area contributed by atoms with Crippen LogP contribution in [0.4, 0.5) is 5.69 Å². The van der Waals surface area contributed by atoms with E-state index in [9.17, 15) is 15.0 Å². The molecule has 0 bridgehead atoms. The van der Waals surface area contributed by atoms with Crippen molar-refractivity contribution in [2.24, 2.45) is 0 Å². The van der Waals surface area contributed by atoms with Gasteiger partial charge in [-0.3, -0.25) is 9.69 Å². The van der Waals surface area contributed by atoms with Gasteiger partial charge in [0.15, 0.2) is 0 Å². The maximum Gasteiger partial charge on any atom is 0.317 e. The number of aromatic hydroxyl groups is 1. The molecule has 5 heteroatoms. The second-order valence-electron chi connectivity index (χ2n) is 11.2. The van der Waals surface area contributed by atoms with Crippen LogP contribution in [0.1, 0.15) is 73.6 Å². The quantitative estimate of drug-likeness (QED) is 0.359. The molecule has 3 aromatic carbocycles. The van der Waals surface area contributed by atoms with E-state index < -0.39 is 5.97 Å². The van der Waals surface area contributed by atoms with Gasteiger partial charge in [0.2, 0.25) is 0 Å². The highest BCUT2D eigenvalue weighted by Crippen LogP contribution is 2.41. The van der Waals surface area contributed by atoms with Crippen molar-refractivity contribution >= 4 is 22.8 Å². The minimum atomic E-state index is -0.729. The number of carboxylic acid groups (broad SMARTS) is 1. The molecule has 2 aliphatic rings. The monoisotopic (exact) mass is 538 g/mol. The average molecular weight is 539 g/mol. The minimum Gasteiger partial charge on any atom is -0.508 e. The first-order chi connectivity index (χ1) is 19.6. The Labute approximate surface area is 238 Å². The SMILES string of the molecule is O=C(O)CN1CCCCCCN(c2ccc(C3=C(c4ccccc4)CCCc4cc(O)ccc43)cc2)CCCC1. The third-order valence-corrected chi connectivity index (χ3v) is 8.34. The van der Waals surface area contributed by atoms with E-state index in [2.05, 4.69) is 70.5 Å². The largest absolute Gasteiger partial charge is 0.508 e. The summed E-state index contributed by atoms with van der Waals surface area (Å²) in [4.78, 5) is 15.9. The van der Waals surface area contributed by atoms with Crippen LogP contribution < -0.4 is 4.90 Å². The van der Waals surface area contributed by atoms with Gasteiger partial charge >= 0.3 is 5.97 Å². The van der Waals surface area contributed by atoms with Crippen LogP contribution in [-0.4, -0.2) is 53.8 Å². The second-order valence-corrected chi connectivity index (χ2v) is 11.2. The van der Waals surface area contributed by atoms with Gasteiger partial charge in [0.1, 0.15) is 5.75 Å². The molecule has 0 amide bonds. The lowest BCUT2D eigenvalue weighted by Crippen LogP contribution is -2.33. The summed E-state index contributed by atoms with van der Waals surface area (Å²) in [6.45, 7) is 3.93. The Morgan fingerprint density at radius 1 is 0.700 bits per heavy atom. The van der Waals surface area contributed by atoms with Crippen LogP contribution in [0.5, 0.6) is 5.75 Å². The number of aliphatic carboxylic acids is 1. The van der Waals surface area contributed by atoms with Crippen LogP contribution >= 0.6 is 0 Å². The zero-order chi connectivity index (χ0) is 27.7. The molecule has 40 heavy (non-hydrogen) atoms. The topological polar surface area (TPSA) is 64.0 Å². The number of hydrogen-bond acceptors (Lipinski definition) is 4. The van der Waals surface area contributed by atoms with Gasteiger partial charge in [-0.1, -0.05) is 61.4 Å². The van der Waals surface area contributed by atoms with Gasteiger partial charge in [0.25, 0.3) is 0 Å². The van der Waals surface area contributed by atoms with Crippen LogP contribution in [0.25, 0.3) is 11.1 Å². The summed E-state index contributed by atoms with van der Waals surface area (Å²) in [5, 5.41) is 19.5. The Morgan fingerprint density at radius 3 is 2.10 bits per heavy atom. The molecule has 0 spiro atoms. The van der Waals surface area contributed by atoms with Gasteiger partial charge in [-0.2, -0.15) is 0 Å². The minimum absolute atomic E-state index is 0.148. The van der Waals surface area contributed by atoms with Crippen molar-refractivity contribution in [3.8, 4) is 5.75 Å². The van der Waals surface area contributed by atoms with Crippen molar-refractivity contribution in [1.29, 1.82) is 0 Å². The van der Waals surface area contributed by atoms with Crippen LogP contribution in [0.3, 0.4) is 0 Å². The number of allylic oxidation sites excluding steroid dienone is 1. The number of carbonyl (C=O) groups is 1. The lowest BCUT2D eigenvalue weighted by Gasteiger charge is -2.27. The fraction of sp³-hybridized carbons (Fsp3) is 0.400. The molecule has 1 aliphatic heterocycles. The number of benzene rings is 3. The Hall–Kier alpha value is -3.57. The molecule has 1 aliphatic carbocycles. The highest BCUT2D eigenvalue weighted by molar-refractivity contribution is 6.00. The number of hydrogen-bond donors (Lipinski definition) is 2. The Kier molecular flexibility index (Phi) is 9.56. The van der Waals surface area contributed by atoms with E-state index in [1.165, 1.54) is 45.5 Å². The lowest BCUT2D eigenvalue weighted by molar-refractivity contribution is -0.138. The first-order valence-corrected chi connectivity index (χ1v) is 15.0. The summed E-state index contributed by atoms with van der Waals surface area (Å²) in [6.07, 6.45) is 9.62. The highest BCUT2D eigenvalue weighted by atomic mass is 16.4. The number of phenolic OH excluding ortho intramolecular Hbond substituents is 1. The Morgan fingerprint density at radius 2 is 1.38 bits per heavy atom. The summed E-state index contributed by atoms with van der Waals surface area (Å²) >= 11 is 0. The summed E-state index contributed by atoms with van der Waals surface area (Å²) in [5.74, 6) is -0.398. The van der Waals surface area contributed by atoms with Gasteiger partial charge in [0, 0.05) is 18.8 Å². The molecule has 0 atom stereocenters. The zero-order valence-electron chi connectivity index (χ0n) is 23.5. The molecule has 5 nitrogen and oxygen atoms in total. The highest BCUT2D eigenvalue weighted by Gasteiger charge is 2.21. The molecule has 1 fully saturated rings. The van der Waals surface area contributed by atoms with E-state index in [0.29, 0.717) is 5.75 Å². The molecule has 1 saturated heterocycles. The summed E-state index contributed by atoms with van der Waals surface area (Å²) in [5.41, 5.74) is 8.82. The van der Waals surface area contributed by atoms with Crippen LogP contribution in [0, 0.1) is 0 Å². The maximum absolute atomic E-state index is 11.3. The number of aryl methyl sites for hydroxylation is 1. The van der Waals surface area contributed by atoms with E-state index >= 15 is 0 Å². The van der Waals surface area contributed by atoms with Crippen molar-refractivity contribution in [3.05, 3.63) is 95.1 Å². The third-order valence-electron chi connectivity index (χ3n) is 8.34. The Balaban J connectivity index is 1.41. The molecule has 0 aromatic heterocycles. The number of rotatable bonds is 5. The molecule has 0 unspecified atom stereocenters. The van der Waals surface area contributed by atoms with Gasteiger partial charge < -0.3 is 15.1 Å². The van der Waals surface area contributed by atoms with Crippen LogP contribution in [-0.2, 0) is 11.2 Å². The predicted octanol–water partition coefficient (Wildman–Crippen LogP) is 7.23. The fourth-order valence-electron chi connectivity index (χ4n) is 6.33. The summed E-state index contributed by atoms with van der Waals surface area (Å²) in [7, 11) is 0. The zero-order valence-corrected chi connectivity index (χ0v) is 23.5. The first kappa shape index (κ1) is 28.0. The van der Waals surface area contributed by atoms with Gasteiger partial charge in [-0.15, -0.1) is 0 Å². The van der Waals surface area contributed by atoms with Crippen molar-refractivity contribution in [2.75, 3.05) is 37.6 Å². The van der Waals surface area contributed by atoms with Crippen molar-refractivity contribution in [1.82, 2.24) is 4.90 Å². The van der Waals surface area contributed by atoms with E-state index in [1.54, 1.807) is 0 Å². The van der Waals surface area contributed by atoms with Gasteiger partial charge in [0.05, 0.1) is 6.54 Å².